The first-order valence-electron chi connectivity index (χ1n) is 6.77. The van der Waals surface area contributed by atoms with Crippen LogP contribution in [0, 0.1) is 18.7 Å². The Morgan fingerprint density at radius 1 is 1.53 bits per heavy atom. The first-order valence-corrected chi connectivity index (χ1v) is 6.77. The van der Waals surface area contributed by atoms with E-state index in [1.807, 2.05) is 0 Å². The average molecular weight is 264 g/mol. The van der Waals surface area contributed by atoms with E-state index in [4.69, 9.17) is 5.73 Å². The van der Waals surface area contributed by atoms with Crippen molar-refractivity contribution in [1.29, 1.82) is 0 Å². The van der Waals surface area contributed by atoms with E-state index in [-0.39, 0.29) is 11.7 Å². The summed E-state index contributed by atoms with van der Waals surface area (Å²) in [6.45, 7) is 3.89. The highest BCUT2D eigenvalue weighted by Gasteiger charge is 2.38. The van der Waals surface area contributed by atoms with E-state index in [9.17, 15) is 9.18 Å². The maximum absolute atomic E-state index is 13.0. The molecular weight excluding hydrogens is 243 g/mol. The van der Waals surface area contributed by atoms with Crippen LogP contribution in [0.4, 0.5) is 10.1 Å². The second-order valence-electron chi connectivity index (χ2n) is 5.77. The Labute approximate surface area is 113 Å². The molecule has 2 rings (SSSR count). The zero-order valence-electron chi connectivity index (χ0n) is 11.5. The fourth-order valence-corrected chi connectivity index (χ4v) is 2.81. The molecule has 3 nitrogen and oxygen atoms in total. The van der Waals surface area contributed by atoms with Crippen molar-refractivity contribution in [2.24, 2.45) is 11.7 Å². The summed E-state index contributed by atoms with van der Waals surface area (Å²) in [5.41, 5.74) is 6.78. The van der Waals surface area contributed by atoms with Gasteiger partial charge in [-0.15, -0.1) is 0 Å². The highest BCUT2D eigenvalue weighted by molar-refractivity contribution is 5.98. The van der Waals surface area contributed by atoms with Gasteiger partial charge >= 0.3 is 0 Å². The molecule has 0 saturated heterocycles. The van der Waals surface area contributed by atoms with Gasteiger partial charge in [0.05, 0.1) is 5.54 Å². The van der Waals surface area contributed by atoms with Gasteiger partial charge in [0.15, 0.2) is 0 Å². The van der Waals surface area contributed by atoms with E-state index in [2.05, 4.69) is 12.2 Å². The van der Waals surface area contributed by atoms with Crippen molar-refractivity contribution < 1.29 is 9.18 Å². The molecule has 0 aliphatic heterocycles. The van der Waals surface area contributed by atoms with Crippen molar-refractivity contribution in [2.75, 3.05) is 5.32 Å². The van der Waals surface area contributed by atoms with Crippen molar-refractivity contribution in [1.82, 2.24) is 0 Å². The second-order valence-corrected chi connectivity index (χ2v) is 5.77. The lowest BCUT2D eigenvalue weighted by Gasteiger charge is -2.35. The Balaban J connectivity index is 2.12. The summed E-state index contributed by atoms with van der Waals surface area (Å²) >= 11 is 0. The average Bonchev–Trinajstić information content (AvgIpc) is 2.32. The summed E-state index contributed by atoms with van der Waals surface area (Å²) in [6.07, 6.45) is 3.53. The Bertz CT molecular complexity index is 489. The molecule has 104 valence electrons. The van der Waals surface area contributed by atoms with Crippen LogP contribution < -0.4 is 11.1 Å². The molecule has 2 unspecified atom stereocenters. The maximum Gasteiger partial charge on any atom is 0.244 e. The zero-order chi connectivity index (χ0) is 14.0. The molecule has 1 saturated carbocycles. The summed E-state index contributed by atoms with van der Waals surface area (Å²) in [5.74, 6) is 0.0109. The molecule has 1 fully saturated rings. The third-order valence-corrected chi connectivity index (χ3v) is 3.92. The SMILES string of the molecule is Cc1cc(F)ccc1NC(=O)C1(N)CCCC(C)C1. The third kappa shape index (κ3) is 3.13. The molecular formula is C15H21FN2O. The minimum Gasteiger partial charge on any atom is -0.324 e. The molecule has 3 N–H and O–H groups in total. The molecule has 1 aliphatic carbocycles. The summed E-state index contributed by atoms with van der Waals surface area (Å²) in [7, 11) is 0. The maximum atomic E-state index is 13.0. The fraction of sp³-hybridized carbons (Fsp3) is 0.533. The van der Waals surface area contributed by atoms with E-state index in [1.165, 1.54) is 12.1 Å². The van der Waals surface area contributed by atoms with Crippen LogP contribution in [0.25, 0.3) is 0 Å². The summed E-state index contributed by atoms with van der Waals surface area (Å²) < 4.78 is 13.0. The topological polar surface area (TPSA) is 55.1 Å². The van der Waals surface area contributed by atoms with Gasteiger partial charge in [-0.25, -0.2) is 4.39 Å². The van der Waals surface area contributed by atoms with Crippen LogP contribution in [0.1, 0.15) is 38.2 Å². The highest BCUT2D eigenvalue weighted by atomic mass is 19.1. The van der Waals surface area contributed by atoms with Gasteiger partial charge in [-0.3, -0.25) is 4.79 Å². The van der Waals surface area contributed by atoms with Crippen molar-refractivity contribution in [2.45, 2.75) is 45.1 Å². The Kier molecular flexibility index (Phi) is 3.90. The van der Waals surface area contributed by atoms with Gasteiger partial charge in [-0.2, -0.15) is 0 Å². The van der Waals surface area contributed by atoms with Gasteiger partial charge in [0, 0.05) is 5.69 Å². The lowest BCUT2D eigenvalue weighted by atomic mass is 9.76. The van der Waals surface area contributed by atoms with E-state index >= 15 is 0 Å². The number of hydrogen-bond acceptors (Lipinski definition) is 2. The monoisotopic (exact) mass is 264 g/mol. The number of carbonyl (C=O) groups is 1. The number of aryl methyl sites for hydroxylation is 1. The van der Waals surface area contributed by atoms with Crippen molar-refractivity contribution in [3.05, 3.63) is 29.6 Å². The van der Waals surface area contributed by atoms with Crippen LogP contribution in [0.2, 0.25) is 0 Å². The number of hydrogen-bond donors (Lipinski definition) is 2. The lowest BCUT2D eigenvalue weighted by molar-refractivity contribution is -0.122. The zero-order valence-corrected chi connectivity index (χ0v) is 11.5. The lowest BCUT2D eigenvalue weighted by Crippen LogP contribution is -2.53. The quantitative estimate of drug-likeness (QED) is 0.862. The number of carbonyl (C=O) groups excluding carboxylic acids is 1. The van der Waals surface area contributed by atoms with Crippen molar-refractivity contribution in [3.8, 4) is 0 Å². The van der Waals surface area contributed by atoms with E-state index in [1.54, 1.807) is 13.0 Å². The van der Waals surface area contributed by atoms with Crippen LogP contribution in [0.15, 0.2) is 18.2 Å². The van der Waals surface area contributed by atoms with Crippen molar-refractivity contribution >= 4 is 11.6 Å². The Morgan fingerprint density at radius 2 is 2.26 bits per heavy atom. The number of rotatable bonds is 2. The minimum absolute atomic E-state index is 0.159. The van der Waals surface area contributed by atoms with E-state index in [0.29, 0.717) is 30.0 Å². The molecule has 0 aromatic heterocycles. The number of amides is 1. The molecule has 0 radical (unpaired) electrons. The van der Waals surface area contributed by atoms with Gasteiger partial charge in [0.1, 0.15) is 5.82 Å². The summed E-state index contributed by atoms with van der Waals surface area (Å²) in [4.78, 5) is 12.3. The van der Waals surface area contributed by atoms with E-state index in [0.717, 1.165) is 12.8 Å². The molecule has 1 amide bonds. The number of halogens is 1. The summed E-state index contributed by atoms with van der Waals surface area (Å²) in [5, 5.41) is 2.84. The number of nitrogens with one attached hydrogen (secondary N) is 1. The largest absolute Gasteiger partial charge is 0.324 e. The van der Waals surface area contributed by atoms with Gasteiger partial charge in [-0.1, -0.05) is 19.8 Å². The van der Waals surface area contributed by atoms with Crippen molar-refractivity contribution in [3.63, 3.8) is 0 Å². The van der Waals surface area contributed by atoms with Crippen LogP contribution in [0.5, 0.6) is 0 Å². The van der Waals surface area contributed by atoms with Crippen LogP contribution in [0.3, 0.4) is 0 Å². The first-order chi connectivity index (χ1) is 8.90. The number of anilines is 1. The number of nitrogens with two attached hydrogens (primary N) is 1. The van der Waals surface area contributed by atoms with E-state index < -0.39 is 5.54 Å². The fourth-order valence-electron chi connectivity index (χ4n) is 2.81. The standard InChI is InChI=1S/C15H21FN2O/c1-10-4-3-7-15(17,9-10)14(19)18-13-6-5-12(16)8-11(13)2/h5-6,8,10H,3-4,7,9,17H2,1-2H3,(H,18,19). The molecule has 1 aliphatic rings. The van der Waals surface area contributed by atoms with Gasteiger partial charge < -0.3 is 11.1 Å². The molecule has 0 heterocycles. The van der Waals surface area contributed by atoms with Crippen LogP contribution >= 0.6 is 0 Å². The number of benzene rings is 1. The first kappa shape index (κ1) is 14.0. The Hall–Kier alpha value is -1.42. The molecule has 2 atom stereocenters. The molecule has 4 heteroatoms. The molecule has 1 aromatic rings. The summed E-state index contributed by atoms with van der Waals surface area (Å²) in [6, 6.07) is 4.33. The highest BCUT2D eigenvalue weighted by Crippen LogP contribution is 2.31. The third-order valence-electron chi connectivity index (χ3n) is 3.92. The predicted octanol–water partition coefficient (Wildman–Crippen LogP) is 2.98. The normalized spacial score (nSPS) is 27.1. The molecule has 19 heavy (non-hydrogen) atoms. The predicted molar refractivity (Wildman–Crippen MR) is 74.3 cm³/mol. The van der Waals surface area contributed by atoms with Crippen LogP contribution in [-0.2, 0) is 4.79 Å². The van der Waals surface area contributed by atoms with Gasteiger partial charge in [-0.05, 0) is 49.4 Å². The molecule has 0 spiro atoms. The van der Waals surface area contributed by atoms with Gasteiger partial charge in [0.2, 0.25) is 5.91 Å². The second kappa shape index (κ2) is 5.29. The smallest absolute Gasteiger partial charge is 0.244 e. The molecule has 1 aromatic carbocycles. The van der Waals surface area contributed by atoms with Gasteiger partial charge in [0.25, 0.3) is 0 Å². The van der Waals surface area contributed by atoms with Crippen LogP contribution in [-0.4, -0.2) is 11.4 Å². The Morgan fingerprint density at radius 3 is 2.89 bits per heavy atom. The minimum atomic E-state index is -0.793. The molecule has 0 bridgehead atoms.